The molecule has 31 heavy (non-hydrogen) atoms. The Labute approximate surface area is 180 Å². The van der Waals surface area contributed by atoms with E-state index in [0.717, 1.165) is 74.6 Å². The van der Waals surface area contributed by atoms with Crippen LogP contribution in [0.4, 0.5) is 5.95 Å². The Kier molecular flexibility index (Phi) is 4.78. The van der Waals surface area contributed by atoms with Crippen molar-refractivity contribution >= 4 is 22.9 Å². The summed E-state index contributed by atoms with van der Waals surface area (Å²) in [5.41, 5.74) is 3.17. The number of ether oxygens (including phenoxy) is 1. The first-order chi connectivity index (χ1) is 15.4. The lowest BCUT2D eigenvalue weighted by atomic mass is 10.2. The van der Waals surface area contributed by atoms with Crippen LogP contribution in [0.1, 0.15) is 11.7 Å². The number of nitrogens with zero attached hydrogens (tertiary/aromatic N) is 7. The third-order valence-corrected chi connectivity index (χ3v) is 6.20. The highest BCUT2D eigenvalue weighted by molar-refractivity contribution is 5.98. The molecule has 1 saturated heterocycles. The number of hydrogen-bond acceptors (Lipinski definition) is 8. The minimum atomic E-state index is -0.0917. The molecule has 0 radical (unpaired) electrons. The number of benzene rings is 1. The number of aliphatic imine (C=N–C) groups is 1. The molecule has 1 N–H and O–H groups in total. The quantitative estimate of drug-likeness (QED) is 0.685. The largest absolute Gasteiger partial charge is 0.379 e. The summed E-state index contributed by atoms with van der Waals surface area (Å²) in [6, 6.07) is 12.4. The first-order valence-electron chi connectivity index (χ1n) is 10.8. The van der Waals surface area contributed by atoms with Crippen LogP contribution in [0, 0.1) is 0 Å². The molecule has 1 fully saturated rings. The van der Waals surface area contributed by atoms with E-state index in [2.05, 4.69) is 53.8 Å². The van der Waals surface area contributed by atoms with Gasteiger partial charge in [-0.05, 0) is 18.2 Å². The zero-order valence-corrected chi connectivity index (χ0v) is 17.4. The van der Waals surface area contributed by atoms with Crippen molar-refractivity contribution in [1.82, 2.24) is 29.7 Å². The number of nitrogens with one attached hydrogen (secondary N) is 1. The average molecular weight is 419 g/mol. The number of fused-ring (bicyclic) bond motifs is 5. The molecule has 160 valence electrons. The second kappa shape index (κ2) is 7.92. The summed E-state index contributed by atoms with van der Waals surface area (Å²) in [6.45, 7) is 7.13. The maximum absolute atomic E-state index is 5.47. The fourth-order valence-corrected chi connectivity index (χ4v) is 4.53. The van der Waals surface area contributed by atoms with Crippen molar-refractivity contribution in [3.05, 3.63) is 54.4 Å². The Bertz CT molecular complexity index is 1090. The average Bonchev–Trinajstić information content (AvgIpc) is 3.23. The zero-order valence-electron chi connectivity index (χ0n) is 17.4. The van der Waals surface area contributed by atoms with Crippen LogP contribution >= 0.6 is 0 Å². The standard InChI is InChI=1S/C22H26N8O/c1-2-6-19-18(5-1)25-22-29-16-28(9-8-27-10-12-31-13-11-27)15-24-21(29)26-20(30(19)22)17-4-3-7-23-14-17/h1-7,14,20H,8-13,15-16H2,(H,24,26). The van der Waals surface area contributed by atoms with Gasteiger partial charge in [-0.3, -0.25) is 24.3 Å². The van der Waals surface area contributed by atoms with Crippen LogP contribution < -0.4 is 10.2 Å². The maximum atomic E-state index is 5.47. The first-order valence-corrected chi connectivity index (χ1v) is 10.8. The Morgan fingerprint density at radius 1 is 1.03 bits per heavy atom. The molecule has 9 nitrogen and oxygen atoms in total. The van der Waals surface area contributed by atoms with Gasteiger partial charge in [0.15, 0.2) is 0 Å². The van der Waals surface area contributed by atoms with E-state index in [1.807, 2.05) is 18.3 Å². The Morgan fingerprint density at radius 2 is 1.90 bits per heavy atom. The highest BCUT2D eigenvalue weighted by Crippen LogP contribution is 2.33. The van der Waals surface area contributed by atoms with Gasteiger partial charge in [0.25, 0.3) is 0 Å². The lowest BCUT2D eigenvalue weighted by Gasteiger charge is -2.42. The molecule has 3 aliphatic rings. The number of para-hydroxylation sites is 2. The number of rotatable bonds is 4. The van der Waals surface area contributed by atoms with Crippen molar-refractivity contribution in [3.63, 3.8) is 0 Å². The van der Waals surface area contributed by atoms with Gasteiger partial charge in [0.2, 0.25) is 11.9 Å². The number of pyridine rings is 1. The molecule has 9 heteroatoms. The molecule has 0 aliphatic carbocycles. The second-order valence-electron chi connectivity index (χ2n) is 8.14. The SMILES string of the molecule is c1cncc(C2NC3=NCN(CCN4CCOCC4)CN3c3nc4ccccc4n32)c1. The highest BCUT2D eigenvalue weighted by atomic mass is 16.5. The van der Waals surface area contributed by atoms with Crippen LogP contribution in [0.15, 0.2) is 53.8 Å². The van der Waals surface area contributed by atoms with Crippen LogP contribution in [-0.2, 0) is 4.74 Å². The molecular weight excluding hydrogens is 392 g/mol. The molecule has 2 aromatic heterocycles. The Balaban J connectivity index is 1.32. The summed E-state index contributed by atoms with van der Waals surface area (Å²) in [4.78, 5) is 21.2. The van der Waals surface area contributed by atoms with E-state index in [4.69, 9.17) is 14.7 Å². The van der Waals surface area contributed by atoms with Gasteiger partial charge in [-0.15, -0.1) is 0 Å². The van der Waals surface area contributed by atoms with E-state index >= 15 is 0 Å². The molecule has 1 atom stereocenters. The molecule has 1 aromatic carbocycles. The van der Waals surface area contributed by atoms with E-state index in [-0.39, 0.29) is 6.17 Å². The van der Waals surface area contributed by atoms with E-state index in [1.165, 1.54) is 0 Å². The van der Waals surface area contributed by atoms with Gasteiger partial charge in [0.05, 0.1) is 37.6 Å². The van der Waals surface area contributed by atoms with Crippen molar-refractivity contribution in [2.45, 2.75) is 6.17 Å². The maximum Gasteiger partial charge on any atom is 0.216 e. The van der Waals surface area contributed by atoms with Crippen LogP contribution in [0.25, 0.3) is 11.0 Å². The lowest BCUT2D eigenvalue weighted by molar-refractivity contribution is 0.0334. The van der Waals surface area contributed by atoms with Gasteiger partial charge in [0, 0.05) is 44.1 Å². The fourth-order valence-electron chi connectivity index (χ4n) is 4.53. The van der Waals surface area contributed by atoms with Crippen molar-refractivity contribution in [2.75, 3.05) is 57.6 Å². The minimum Gasteiger partial charge on any atom is -0.379 e. The number of aromatic nitrogens is 3. The van der Waals surface area contributed by atoms with Gasteiger partial charge in [-0.1, -0.05) is 18.2 Å². The summed E-state index contributed by atoms with van der Waals surface area (Å²) in [5.74, 6) is 1.79. The van der Waals surface area contributed by atoms with Gasteiger partial charge in [-0.25, -0.2) is 9.98 Å². The van der Waals surface area contributed by atoms with Gasteiger partial charge in [-0.2, -0.15) is 0 Å². The van der Waals surface area contributed by atoms with Crippen molar-refractivity contribution in [3.8, 4) is 0 Å². The van der Waals surface area contributed by atoms with Gasteiger partial charge in [0.1, 0.15) is 6.17 Å². The summed E-state index contributed by atoms with van der Waals surface area (Å²) in [5, 5.41) is 3.64. The predicted molar refractivity (Wildman–Crippen MR) is 119 cm³/mol. The summed E-state index contributed by atoms with van der Waals surface area (Å²) in [6.07, 6.45) is 3.62. The molecular formula is C22H26N8O. The van der Waals surface area contributed by atoms with E-state index < -0.39 is 0 Å². The first kappa shape index (κ1) is 18.7. The van der Waals surface area contributed by atoms with Gasteiger partial charge < -0.3 is 10.1 Å². The van der Waals surface area contributed by atoms with E-state index in [0.29, 0.717) is 6.67 Å². The monoisotopic (exact) mass is 418 g/mol. The Morgan fingerprint density at radius 3 is 2.77 bits per heavy atom. The van der Waals surface area contributed by atoms with E-state index in [1.54, 1.807) is 6.20 Å². The topological polar surface area (TPSA) is 74.1 Å². The molecule has 0 saturated carbocycles. The number of imidazole rings is 1. The molecule has 0 spiro atoms. The van der Waals surface area contributed by atoms with Crippen molar-refractivity contribution in [2.24, 2.45) is 4.99 Å². The third kappa shape index (κ3) is 3.44. The molecule has 3 aromatic rings. The Hall–Kier alpha value is -3.01. The minimum absolute atomic E-state index is 0.0917. The number of hydrogen-bond donors (Lipinski definition) is 1. The molecule has 6 rings (SSSR count). The zero-order chi connectivity index (χ0) is 20.6. The molecule has 5 heterocycles. The summed E-state index contributed by atoms with van der Waals surface area (Å²) < 4.78 is 7.73. The fraction of sp³-hybridized carbons (Fsp3) is 0.409. The smallest absolute Gasteiger partial charge is 0.216 e. The number of guanidine groups is 1. The van der Waals surface area contributed by atoms with Crippen molar-refractivity contribution < 1.29 is 4.74 Å². The van der Waals surface area contributed by atoms with E-state index in [9.17, 15) is 0 Å². The van der Waals surface area contributed by atoms with Crippen LogP contribution in [0.5, 0.6) is 0 Å². The molecule has 1 unspecified atom stereocenters. The van der Waals surface area contributed by atoms with Crippen molar-refractivity contribution in [1.29, 1.82) is 0 Å². The predicted octanol–water partition coefficient (Wildman–Crippen LogP) is 1.31. The summed E-state index contributed by atoms with van der Waals surface area (Å²) >= 11 is 0. The van der Waals surface area contributed by atoms with Crippen LogP contribution in [0.2, 0.25) is 0 Å². The molecule has 0 amide bonds. The summed E-state index contributed by atoms with van der Waals surface area (Å²) in [7, 11) is 0. The number of morpholine rings is 1. The highest BCUT2D eigenvalue weighted by Gasteiger charge is 2.35. The molecule has 3 aliphatic heterocycles. The second-order valence-corrected chi connectivity index (χ2v) is 8.14. The number of anilines is 1. The normalized spacial score (nSPS) is 22.0. The van der Waals surface area contributed by atoms with Crippen LogP contribution in [0.3, 0.4) is 0 Å². The molecule has 0 bridgehead atoms. The van der Waals surface area contributed by atoms with Crippen LogP contribution in [-0.4, -0.2) is 83.0 Å². The van der Waals surface area contributed by atoms with Gasteiger partial charge >= 0.3 is 0 Å². The lowest BCUT2D eigenvalue weighted by Crippen LogP contribution is -2.58. The third-order valence-electron chi connectivity index (χ3n) is 6.20.